The normalized spacial score (nSPS) is 29.7. The Morgan fingerprint density at radius 1 is 1.31 bits per heavy atom. The number of nitrogens with two attached hydrogens (primary N) is 1. The van der Waals surface area contributed by atoms with E-state index in [0.29, 0.717) is 19.4 Å². The number of carbonyl (C=O) groups excluding carboxylic acids is 3. The maximum atomic E-state index is 14.7. The van der Waals surface area contributed by atoms with E-state index < -0.39 is 36.3 Å². The first kappa shape index (κ1) is 30.2. The molecule has 2 aliphatic heterocycles. The molecule has 1 aromatic heterocycles. The van der Waals surface area contributed by atoms with Gasteiger partial charge in [0.05, 0.1) is 12.3 Å². The number of aliphatic hydroxyl groups is 1. The highest BCUT2D eigenvalue weighted by molar-refractivity contribution is 5.95. The van der Waals surface area contributed by atoms with Crippen LogP contribution in [0.3, 0.4) is 0 Å². The zero-order chi connectivity index (χ0) is 28.5. The summed E-state index contributed by atoms with van der Waals surface area (Å²) in [5.41, 5.74) is 6.77. The van der Waals surface area contributed by atoms with Gasteiger partial charge in [0, 0.05) is 37.8 Å². The van der Waals surface area contributed by atoms with Gasteiger partial charge in [-0.1, -0.05) is 43.7 Å². The molecular weight excluding hydrogens is 505 g/mol. The standard InChI is InChI=1S/C28H40FN5O5/c1-17-6-4-10-31-25(36)9-8-18(2)26(19(3)15-30)39-28(38)23-7-5-11-34(23)27(37)22-16-32-24(33-22)14-20(29)13-21(35)12-17/h4,6,8-9,12,16,18-21,23,26,35H,5,7,10-11,13-15,30H2,1-3H3,(H,31,36)(H,32,33)/b6-4?,9-8+,17-12?/t18-,19+,20-,21-,23-,26+/m1/s1. The second-order valence-corrected chi connectivity index (χ2v) is 10.4. The smallest absolute Gasteiger partial charge is 0.329 e. The fourth-order valence-electron chi connectivity index (χ4n) is 4.87. The minimum Gasteiger partial charge on any atom is -0.460 e. The van der Waals surface area contributed by atoms with Crippen molar-refractivity contribution in [3.63, 3.8) is 0 Å². The van der Waals surface area contributed by atoms with E-state index in [2.05, 4.69) is 15.3 Å². The molecule has 1 fully saturated rings. The zero-order valence-electron chi connectivity index (χ0n) is 22.8. The van der Waals surface area contributed by atoms with Crippen LogP contribution in [0.4, 0.5) is 4.39 Å². The summed E-state index contributed by atoms with van der Waals surface area (Å²) in [7, 11) is 0. The first-order chi connectivity index (χ1) is 18.6. The number of amides is 2. The van der Waals surface area contributed by atoms with Gasteiger partial charge < -0.3 is 30.8 Å². The van der Waals surface area contributed by atoms with E-state index in [0.717, 1.165) is 5.57 Å². The van der Waals surface area contributed by atoms with Gasteiger partial charge in [-0.05, 0) is 32.4 Å². The third-order valence-electron chi connectivity index (χ3n) is 7.04. The predicted molar refractivity (Wildman–Crippen MR) is 144 cm³/mol. The highest BCUT2D eigenvalue weighted by Crippen LogP contribution is 2.25. The van der Waals surface area contributed by atoms with Crippen LogP contribution in [-0.2, 0) is 20.7 Å². The fraction of sp³-hybridized carbons (Fsp3) is 0.571. The maximum Gasteiger partial charge on any atom is 0.329 e. The summed E-state index contributed by atoms with van der Waals surface area (Å²) in [6.45, 7) is 6.39. The van der Waals surface area contributed by atoms with Crippen LogP contribution in [0, 0.1) is 11.8 Å². The Hall–Kier alpha value is -3.31. The Balaban J connectivity index is 1.86. The van der Waals surface area contributed by atoms with Gasteiger partial charge in [-0.3, -0.25) is 9.59 Å². The number of rotatable bonds is 2. The number of aliphatic hydroxyl groups excluding tert-OH is 1. The van der Waals surface area contributed by atoms with Crippen LogP contribution < -0.4 is 11.1 Å². The van der Waals surface area contributed by atoms with E-state index in [4.69, 9.17) is 10.5 Å². The molecule has 3 heterocycles. The number of H-pyrrole nitrogens is 1. The summed E-state index contributed by atoms with van der Waals surface area (Å²) in [6, 6.07) is -0.774. The molecule has 214 valence electrons. The Bertz CT molecular complexity index is 1100. The highest BCUT2D eigenvalue weighted by Gasteiger charge is 2.38. The largest absolute Gasteiger partial charge is 0.460 e. The SMILES string of the molecule is CC1=C[C@@H](O)C[C@@H](F)Cc2ncc([nH]2)C(=O)N2CCC[C@@H]2C(=O)O[C@H]([C@@H](C)CN)[C@H](C)/C=C/C(=O)NCC=C1. The number of carbonyl (C=O) groups is 3. The Kier molecular flexibility index (Phi) is 11.0. The summed E-state index contributed by atoms with van der Waals surface area (Å²) in [6.07, 6.45) is 7.25. The molecule has 5 N–H and O–H groups in total. The van der Waals surface area contributed by atoms with Crippen LogP contribution in [0.25, 0.3) is 0 Å². The Morgan fingerprint density at radius 2 is 2.08 bits per heavy atom. The molecule has 0 saturated carbocycles. The van der Waals surface area contributed by atoms with Gasteiger partial charge in [0.25, 0.3) is 5.91 Å². The lowest BCUT2D eigenvalue weighted by Crippen LogP contribution is -2.45. The predicted octanol–water partition coefficient (Wildman–Crippen LogP) is 1.98. The van der Waals surface area contributed by atoms with Gasteiger partial charge in [-0.25, -0.2) is 14.2 Å². The summed E-state index contributed by atoms with van der Waals surface area (Å²) in [5, 5.41) is 13.0. The van der Waals surface area contributed by atoms with Crippen molar-refractivity contribution in [2.45, 2.75) is 70.9 Å². The average Bonchev–Trinajstić information content (AvgIpc) is 3.57. The molecule has 10 nitrogen and oxygen atoms in total. The lowest BCUT2D eigenvalue weighted by Gasteiger charge is -2.30. The first-order valence-corrected chi connectivity index (χ1v) is 13.5. The molecule has 0 unspecified atom stereocenters. The monoisotopic (exact) mass is 545 g/mol. The van der Waals surface area contributed by atoms with Crippen LogP contribution in [-0.4, -0.2) is 81.8 Å². The molecule has 2 amide bonds. The zero-order valence-corrected chi connectivity index (χ0v) is 22.8. The van der Waals surface area contributed by atoms with E-state index >= 15 is 0 Å². The maximum absolute atomic E-state index is 14.7. The number of fused-ring (bicyclic) bond motifs is 3. The van der Waals surface area contributed by atoms with Gasteiger partial charge >= 0.3 is 5.97 Å². The minimum absolute atomic E-state index is 0.103. The summed E-state index contributed by atoms with van der Waals surface area (Å²) < 4.78 is 20.6. The number of alkyl halides is 1. The molecule has 2 bridgehead atoms. The number of hydrogen-bond donors (Lipinski definition) is 4. The molecule has 3 rings (SSSR count). The molecule has 0 spiro atoms. The molecule has 0 radical (unpaired) electrons. The second kappa shape index (κ2) is 14.2. The van der Waals surface area contributed by atoms with E-state index in [1.807, 2.05) is 13.8 Å². The molecule has 0 aromatic carbocycles. The Labute approximate surface area is 228 Å². The third-order valence-corrected chi connectivity index (χ3v) is 7.04. The van der Waals surface area contributed by atoms with Crippen molar-refractivity contribution in [2.24, 2.45) is 17.6 Å². The lowest BCUT2D eigenvalue weighted by atomic mass is 9.92. The highest BCUT2D eigenvalue weighted by atomic mass is 19.1. The van der Waals surface area contributed by atoms with Gasteiger partial charge in [-0.15, -0.1) is 0 Å². The van der Waals surface area contributed by atoms with E-state index in [1.165, 1.54) is 17.2 Å². The van der Waals surface area contributed by atoms with Crippen LogP contribution in [0.2, 0.25) is 0 Å². The summed E-state index contributed by atoms with van der Waals surface area (Å²) in [5.74, 6) is -1.47. The van der Waals surface area contributed by atoms with E-state index in [1.54, 1.807) is 31.2 Å². The molecule has 11 heteroatoms. The Morgan fingerprint density at radius 3 is 2.82 bits per heavy atom. The van der Waals surface area contributed by atoms with Crippen LogP contribution in [0.15, 0.2) is 42.2 Å². The first-order valence-electron chi connectivity index (χ1n) is 13.5. The number of allylic oxidation sites excluding steroid dienone is 2. The number of cyclic esters (lactones) is 1. The molecular formula is C28H40FN5O5. The molecule has 39 heavy (non-hydrogen) atoms. The number of nitrogens with one attached hydrogen (secondary N) is 2. The number of nitrogens with zero attached hydrogens (tertiary/aromatic N) is 2. The fourth-order valence-corrected chi connectivity index (χ4v) is 4.87. The van der Waals surface area contributed by atoms with Crippen molar-refractivity contribution in [3.8, 4) is 0 Å². The van der Waals surface area contributed by atoms with Crippen molar-refractivity contribution in [2.75, 3.05) is 19.6 Å². The molecule has 2 aliphatic rings. The molecule has 1 saturated heterocycles. The quantitative estimate of drug-likeness (QED) is 0.415. The van der Waals surface area contributed by atoms with Crippen molar-refractivity contribution in [1.82, 2.24) is 20.2 Å². The van der Waals surface area contributed by atoms with Crippen LogP contribution in [0.1, 0.15) is 56.3 Å². The minimum atomic E-state index is -1.40. The number of aromatic nitrogens is 2. The number of imidazole rings is 1. The average molecular weight is 546 g/mol. The van der Waals surface area contributed by atoms with E-state index in [-0.39, 0.29) is 55.2 Å². The van der Waals surface area contributed by atoms with Gasteiger partial charge in [0.15, 0.2) is 0 Å². The van der Waals surface area contributed by atoms with Gasteiger partial charge in [0.1, 0.15) is 29.8 Å². The van der Waals surface area contributed by atoms with Crippen molar-refractivity contribution in [3.05, 3.63) is 53.7 Å². The van der Waals surface area contributed by atoms with E-state index in [9.17, 15) is 23.9 Å². The number of ether oxygens (including phenoxy) is 1. The number of hydrogen-bond acceptors (Lipinski definition) is 7. The molecule has 0 aliphatic carbocycles. The van der Waals surface area contributed by atoms with Crippen molar-refractivity contribution >= 4 is 17.8 Å². The van der Waals surface area contributed by atoms with Crippen molar-refractivity contribution in [1.29, 1.82) is 0 Å². The van der Waals surface area contributed by atoms with Gasteiger partial charge in [-0.2, -0.15) is 0 Å². The molecule has 6 atom stereocenters. The molecule has 1 aromatic rings. The summed E-state index contributed by atoms with van der Waals surface area (Å²) in [4.78, 5) is 47.3. The van der Waals surface area contributed by atoms with Crippen molar-refractivity contribution < 1.29 is 28.6 Å². The third kappa shape index (κ3) is 8.59. The second-order valence-electron chi connectivity index (χ2n) is 10.4. The van der Waals surface area contributed by atoms with Crippen LogP contribution >= 0.6 is 0 Å². The lowest BCUT2D eigenvalue weighted by molar-refractivity contribution is -0.158. The number of esters is 1. The van der Waals surface area contributed by atoms with Gasteiger partial charge in [0.2, 0.25) is 5.91 Å². The topological polar surface area (TPSA) is 151 Å². The van der Waals surface area contributed by atoms with Crippen LogP contribution in [0.5, 0.6) is 0 Å². The number of aromatic amines is 1. The summed E-state index contributed by atoms with van der Waals surface area (Å²) >= 11 is 0. The number of halogens is 1.